The van der Waals surface area contributed by atoms with E-state index in [4.69, 9.17) is 4.74 Å². The van der Waals surface area contributed by atoms with Crippen LogP contribution in [0.15, 0.2) is 36.4 Å². The Kier molecular flexibility index (Phi) is 3.90. The molecule has 152 valence electrons. The quantitative estimate of drug-likeness (QED) is 0.597. The average Bonchev–Trinajstić information content (AvgIpc) is 3.07. The van der Waals surface area contributed by atoms with E-state index in [0.717, 1.165) is 34.0 Å². The molecule has 5 nitrogen and oxygen atoms in total. The molecule has 29 heavy (non-hydrogen) atoms. The summed E-state index contributed by atoms with van der Waals surface area (Å²) >= 11 is 0. The van der Waals surface area contributed by atoms with Gasteiger partial charge >= 0.3 is 5.97 Å². The largest absolute Gasteiger partial charge is 0.481 e. The zero-order valence-electron chi connectivity index (χ0n) is 17.0. The third kappa shape index (κ3) is 2.31. The number of fused-ring (bicyclic) bond motifs is 6. The number of aliphatic carboxylic acids is 1. The lowest BCUT2D eigenvalue weighted by atomic mass is 9.48. The minimum Gasteiger partial charge on any atom is -0.481 e. The lowest BCUT2D eigenvalue weighted by Crippen LogP contribution is -2.59. The Morgan fingerprint density at radius 3 is 2.66 bits per heavy atom. The molecule has 1 saturated carbocycles. The Bertz CT molecular complexity index is 1130. The summed E-state index contributed by atoms with van der Waals surface area (Å²) in [4.78, 5) is 15.8. The molecule has 5 rings (SSSR count). The maximum absolute atomic E-state index is 12.3. The standard InChI is InChI=1S/C24H27NO4/c1-23-9-8-21(26)24(2,22(27)28)20(23)12-19(29-3)15-11-18-14(10-16(15)23)13-6-4-5-7-17(13)25-18/h4-7,10-11,19-21,25-26H,8-9,12H2,1-3H3,(H,27,28)/t19?,20-,21+,23+,24-/m0/s1. The molecule has 3 aromatic rings. The zero-order valence-corrected chi connectivity index (χ0v) is 17.0. The van der Waals surface area contributed by atoms with Crippen LogP contribution in [-0.2, 0) is 14.9 Å². The molecule has 0 radical (unpaired) electrons. The van der Waals surface area contributed by atoms with E-state index in [9.17, 15) is 15.0 Å². The Labute approximate surface area is 169 Å². The van der Waals surface area contributed by atoms with Gasteiger partial charge in [0.05, 0.1) is 17.6 Å². The van der Waals surface area contributed by atoms with Crippen LogP contribution in [0.5, 0.6) is 0 Å². The van der Waals surface area contributed by atoms with Crippen LogP contribution in [-0.4, -0.2) is 34.4 Å². The first kappa shape index (κ1) is 18.6. The summed E-state index contributed by atoms with van der Waals surface area (Å²) in [5.41, 5.74) is 2.94. The van der Waals surface area contributed by atoms with Gasteiger partial charge in [0.1, 0.15) is 0 Å². The summed E-state index contributed by atoms with van der Waals surface area (Å²) < 4.78 is 5.85. The van der Waals surface area contributed by atoms with E-state index in [1.807, 2.05) is 12.1 Å². The van der Waals surface area contributed by atoms with Gasteiger partial charge in [-0.3, -0.25) is 4.79 Å². The molecule has 0 spiro atoms. The molecule has 0 aliphatic heterocycles. The van der Waals surface area contributed by atoms with Gasteiger partial charge < -0.3 is 19.9 Å². The molecule has 2 aliphatic rings. The smallest absolute Gasteiger partial charge is 0.312 e. The highest BCUT2D eigenvalue weighted by Crippen LogP contribution is 2.60. The predicted octanol–water partition coefficient (Wildman–Crippen LogP) is 4.53. The molecule has 2 aliphatic carbocycles. The van der Waals surface area contributed by atoms with Crippen molar-refractivity contribution in [3.05, 3.63) is 47.5 Å². The number of benzene rings is 2. The van der Waals surface area contributed by atoms with Crippen molar-refractivity contribution in [2.75, 3.05) is 7.11 Å². The van der Waals surface area contributed by atoms with Crippen molar-refractivity contribution in [3.63, 3.8) is 0 Å². The molecule has 3 N–H and O–H groups in total. The number of para-hydroxylation sites is 1. The number of carboxylic acid groups (broad SMARTS) is 1. The number of ether oxygens (including phenoxy) is 1. The Balaban J connectivity index is 1.79. The van der Waals surface area contributed by atoms with Crippen molar-refractivity contribution in [1.82, 2.24) is 4.98 Å². The fourth-order valence-electron chi connectivity index (χ4n) is 6.16. The minimum absolute atomic E-state index is 0.192. The van der Waals surface area contributed by atoms with Crippen molar-refractivity contribution in [1.29, 1.82) is 0 Å². The van der Waals surface area contributed by atoms with Crippen molar-refractivity contribution < 1.29 is 19.7 Å². The second-order valence-electron chi connectivity index (χ2n) is 9.23. The van der Waals surface area contributed by atoms with Gasteiger partial charge in [0, 0.05) is 28.9 Å². The lowest BCUT2D eigenvalue weighted by molar-refractivity contribution is -0.174. The van der Waals surface area contributed by atoms with Crippen LogP contribution < -0.4 is 0 Å². The van der Waals surface area contributed by atoms with Gasteiger partial charge in [-0.05, 0) is 66.8 Å². The minimum atomic E-state index is -1.20. The van der Waals surface area contributed by atoms with E-state index < -0.39 is 17.5 Å². The van der Waals surface area contributed by atoms with E-state index in [-0.39, 0.29) is 17.4 Å². The summed E-state index contributed by atoms with van der Waals surface area (Å²) in [6.45, 7) is 3.89. The van der Waals surface area contributed by atoms with Crippen molar-refractivity contribution >= 4 is 27.8 Å². The summed E-state index contributed by atoms with van der Waals surface area (Å²) in [5, 5.41) is 23.1. The van der Waals surface area contributed by atoms with Gasteiger partial charge in [0.25, 0.3) is 0 Å². The Hall–Kier alpha value is -2.37. The van der Waals surface area contributed by atoms with Crippen LogP contribution in [0.25, 0.3) is 21.8 Å². The highest BCUT2D eigenvalue weighted by atomic mass is 16.5. The number of nitrogens with one attached hydrogen (secondary N) is 1. The van der Waals surface area contributed by atoms with Crippen LogP contribution in [0.1, 0.15) is 50.3 Å². The van der Waals surface area contributed by atoms with Crippen molar-refractivity contribution in [2.45, 2.75) is 50.7 Å². The molecule has 2 aromatic carbocycles. The number of aliphatic hydroxyl groups is 1. The summed E-state index contributed by atoms with van der Waals surface area (Å²) in [7, 11) is 1.68. The van der Waals surface area contributed by atoms with Crippen LogP contribution in [0.2, 0.25) is 0 Å². The van der Waals surface area contributed by atoms with E-state index in [1.54, 1.807) is 14.0 Å². The average molecular weight is 393 g/mol. The highest BCUT2D eigenvalue weighted by Gasteiger charge is 2.60. The van der Waals surface area contributed by atoms with Gasteiger partial charge in [-0.15, -0.1) is 0 Å². The van der Waals surface area contributed by atoms with Crippen LogP contribution in [0, 0.1) is 11.3 Å². The number of aromatic nitrogens is 1. The second-order valence-corrected chi connectivity index (χ2v) is 9.23. The topological polar surface area (TPSA) is 82.6 Å². The Morgan fingerprint density at radius 1 is 1.17 bits per heavy atom. The number of methoxy groups -OCH3 is 1. The fraction of sp³-hybridized carbons (Fsp3) is 0.458. The van der Waals surface area contributed by atoms with E-state index in [0.29, 0.717) is 12.8 Å². The Morgan fingerprint density at radius 2 is 1.93 bits per heavy atom. The maximum Gasteiger partial charge on any atom is 0.312 e. The van der Waals surface area contributed by atoms with Crippen molar-refractivity contribution in [3.8, 4) is 0 Å². The third-order valence-electron chi connectivity index (χ3n) is 7.96. The predicted molar refractivity (Wildman–Crippen MR) is 112 cm³/mol. The SMILES string of the molecule is COC1C[C@@H]2[C@](C)(C(=O)O)[C@H](O)CC[C@]2(C)c2cc3c(cc21)[nH]c1ccccc13. The first-order valence-electron chi connectivity index (χ1n) is 10.3. The normalized spacial score (nSPS) is 34.1. The molecular weight excluding hydrogens is 366 g/mol. The number of hydrogen-bond acceptors (Lipinski definition) is 3. The fourth-order valence-corrected chi connectivity index (χ4v) is 6.16. The highest BCUT2D eigenvalue weighted by molar-refractivity contribution is 6.07. The summed E-state index contributed by atoms with van der Waals surface area (Å²) in [5.74, 6) is -1.14. The van der Waals surface area contributed by atoms with Crippen LogP contribution in [0.4, 0.5) is 0 Å². The molecule has 1 aromatic heterocycles. The van der Waals surface area contributed by atoms with Crippen molar-refractivity contribution in [2.24, 2.45) is 11.3 Å². The number of rotatable bonds is 2. The number of carboxylic acids is 1. The third-order valence-corrected chi connectivity index (χ3v) is 7.96. The number of aliphatic hydroxyl groups excluding tert-OH is 1. The maximum atomic E-state index is 12.3. The van der Waals surface area contributed by atoms with E-state index >= 15 is 0 Å². The van der Waals surface area contributed by atoms with Gasteiger partial charge in [-0.1, -0.05) is 25.1 Å². The molecule has 1 fully saturated rings. The van der Waals surface area contributed by atoms with Gasteiger partial charge in [-0.2, -0.15) is 0 Å². The molecule has 0 bridgehead atoms. The molecule has 1 heterocycles. The zero-order chi connectivity index (χ0) is 20.6. The first-order chi connectivity index (χ1) is 13.8. The molecule has 0 saturated heterocycles. The lowest BCUT2D eigenvalue weighted by Gasteiger charge is -2.56. The molecule has 0 amide bonds. The van der Waals surface area contributed by atoms with Crippen LogP contribution in [0.3, 0.4) is 0 Å². The molecule has 1 unspecified atom stereocenters. The van der Waals surface area contributed by atoms with Crippen LogP contribution >= 0.6 is 0 Å². The van der Waals surface area contributed by atoms with Gasteiger partial charge in [0.15, 0.2) is 0 Å². The molecule has 5 atom stereocenters. The number of H-pyrrole nitrogens is 1. The first-order valence-corrected chi connectivity index (χ1v) is 10.3. The van der Waals surface area contributed by atoms with E-state index in [2.05, 4.69) is 36.2 Å². The van der Waals surface area contributed by atoms with Gasteiger partial charge in [-0.25, -0.2) is 0 Å². The van der Waals surface area contributed by atoms with E-state index in [1.165, 1.54) is 5.39 Å². The molecular formula is C24H27NO4. The summed E-state index contributed by atoms with van der Waals surface area (Å²) in [6, 6.07) is 12.7. The number of aromatic amines is 1. The number of hydrogen-bond donors (Lipinski definition) is 3. The molecule has 5 heteroatoms. The second kappa shape index (κ2) is 6.07. The monoisotopic (exact) mass is 393 g/mol. The number of carbonyl (C=O) groups is 1. The summed E-state index contributed by atoms with van der Waals surface area (Å²) in [6.07, 6.45) is 0.792. The van der Waals surface area contributed by atoms with Gasteiger partial charge in [0.2, 0.25) is 0 Å².